The highest BCUT2D eigenvalue weighted by Crippen LogP contribution is 1.65. The van der Waals surface area contributed by atoms with Crippen molar-refractivity contribution in [3.05, 3.63) is 0 Å². The lowest BCUT2D eigenvalue weighted by atomic mass is 10.7. The Hall–Kier alpha value is -0.440. The molecule has 0 saturated heterocycles. The minimum atomic E-state index is -0.435. The highest BCUT2D eigenvalue weighted by atomic mass is 15.1. The second-order valence-electron chi connectivity index (χ2n) is 0.856. The molecule has 0 saturated carbocycles. The van der Waals surface area contributed by atoms with Gasteiger partial charge in [-0.15, -0.1) is 5.11 Å². The maximum atomic E-state index is 7.64. The zero-order chi connectivity index (χ0) is 4.28. The second kappa shape index (κ2) is 1.84. The molecule has 1 radical (unpaired) electrons. The molecule has 3 heteroatoms. The predicted octanol–water partition coefficient (Wildman–Crippen LogP) is -0.457. The summed E-state index contributed by atoms with van der Waals surface area (Å²) in [7, 11) is 0. The van der Waals surface area contributed by atoms with E-state index >= 15 is 0 Å². The van der Waals surface area contributed by atoms with Crippen LogP contribution < -0.4 is 11.3 Å². The molecule has 0 aliphatic carbocycles. The van der Waals surface area contributed by atoms with E-state index in [0.717, 1.165) is 0 Å². The molecule has 1 unspecified atom stereocenters. The van der Waals surface area contributed by atoms with E-state index in [0.29, 0.717) is 0 Å². The Balaban J connectivity index is 2.83. The molecule has 0 aromatic rings. The summed E-state index contributed by atoms with van der Waals surface area (Å²) in [5, 5.41) is 2.67. The summed E-state index contributed by atoms with van der Waals surface area (Å²) in [4.78, 5) is 0. The normalized spacial score (nSPS) is 14.0. The van der Waals surface area contributed by atoms with Crippen molar-refractivity contribution in [2.45, 2.75) is 13.1 Å². The molecule has 5 heavy (non-hydrogen) atoms. The summed E-state index contributed by atoms with van der Waals surface area (Å²) in [6, 6.07) is 0. The van der Waals surface area contributed by atoms with Crippen molar-refractivity contribution in [3.63, 3.8) is 0 Å². The molecule has 1 atom stereocenters. The van der Waals surface area contributed by atoms with Crippen molar-refractivity contribution in [2.75, 3.05) is 0 Å². The second-order valence-corrected chi connectivity index (χ2v) is 0.856. The van der Waals surface area contributed by atoms with Crippen molar-refractivity contribution in [2.24, 2.45) is 10.8 Å². The van der Waals surface area contributed by atoms with Gasteiger partial charge in [-0.2, -0.15) is 0 Å². The molecule has 3 nitrogen and oxygen atoms in total. The van der Waals surface area contributed by atoms with Crippen molar-refractivity contribution < 1.29 is 0 Å². The number of rotatable bonds is 1. The smallest absolute Gasteiger partial charge is 0.117 e. The quantitative estimate of drug-likeness (QED) is 0.419. The maximum Gasteiger partial charge on any atom is 0.117 e. The van der Waals surface area contributed by atoms with Crippen molar-refractivity contribution in [1.82, 2.24) is 5.53 Å². The van der Waals surface area contributed by atoms with Crippen LogP contribution in [0.2, 0.25) is 0 Å². The van der Waals surface area contributed by atoms with E-state index in [-0.39, 0.29) is 0 Å². The molecule has 0 heterocycles. The monoisotopic (exact) mass is 72.1 g/mol. The molecular formula is C2H6N3. The highest BCUT2D eigenvalue weighted by Gasteiger charge is 1.77. The average molecular weight is 72.1 g/mol. The molecule has 29 valence electrons. The Bertz CT molecular complexity index is 31.9. The predicted molar refractivity (Wildman–Crippen MR) is 18.2 cm³/mol. The van der Waals surface area contributed by atoms with Crippen LogP contribution in [-0.4, -0.2) is 6.17 Å². The van der Waals surface area contributed by atoms with E-state index in [2.05, 4.69) is 5.11 Å². The fourth-order valence-electron chi connectivity index (χ4n) is 0. The third kappa shape index (κ3) is 3.56. The van der Waals surface area contributed by atoms with Crippen LogP contribution in [0.25, 0.3) is 0 Å². The summed E-state index contributed by atoms with van der Waals surface area (Å²) in [6.45, 7) is 1.58. The number of nitrogens with zero attached hydrogens (tertiary/aromatic N) is 2. The molecule has 0 rings (SSSR count). The van der Waals surface area contributed by atoms with Gasteiger partial charge in [-0.05, 0) is 12.5 Å². The van der Waals surface area contributed by atoms with Crippen LogP contribution in [0.3, 0.4) is 0 Å². The van der Waals surface area contributed by atoms with E-state index in [9.17, 15) is 0 Å². The van der Waals surface area contributed by atoms with Gasteiger partial charge >= 0.3 is 0 Å². The van der Waals surface area contributed by atoms with Gasteiger partial charge in [0.2, 0.25) is 0 Å². The van der Waals surface area contributed by atoms with Crippen LogP contribution in [0.15, 0.2) is 5.11 Å². The zero-order valence-electron chi connectivity index (χ0n) is 3.05. The van der Waals surface area contributed by atoms with Gasteiger partial charge in [0.15, 0.2) is 0 Å². The minimum absolute atomic E-state index is 0.435. The van der Waals surface area contributed by atoms with Crippen LogP contribution >= 0.6 is 0 Å². The van der Waals surface area contributed by atoms with E-state index < -0.39 is 6.17 Å². The summed E-state index contributed by atoms with van der Waals surface area (Å²) in [5.74, 6) is 0. The van der Waals surface area contributed by atoms with Gasteiger partial charge in [0.05, 0.1) is 0 Å². The Morgan fingerprint density at radius 3 is 2.20 bits per heavy atom. The van der Waals surface area contributed by atoms with E-state index in [1.54, 1.807) is 6.92 Å². The van der Waals surface area contributed by atoms with Gasteiger partial charge in [0.25, 0.3) is 0 Å². The summed E-state index contributed by atoms with van der Waals surface area (Å²) in [5.41, 5.74) is 12.5. The molecule has 0 aliphatic rings. The molecule has 0 aromatic carbocycles. The van der Waals surface area contributed by atoms with Crippen LogP contribution in [0, 0.1) is 0 Å². The van der Waals surface area contributed by atoms with E-state index in [1.807, 2.05) is 0 Å². The summed E-state index contributed by atoms with van der Waals surface area (Å²) in [6.07, 6.45) is -0.435. The van der Waals surface area contributed by atoms with E-state index in [4.69, 9.17) is 11.3 Å². The van der Waals surface area contributed by atoms with Gasteiger partial charge in [-0.1, -0.05) is 0 Å². The van der Waals surface area contributed by atoms with Gasteiger partial charge in [-0.3, -0.25) is 0 Å². The lowest BCUT2D eigenvalue weighted by Gasteiger charge is -1.82. The summed E-state index contributed by atoms with van der Waals surface area (Å²) < 4.78 is 0. The van der Waals surface area contributed by atoms with E-state index in [1.165, 1.54) is 0 Å². The van der Waals surface area contributed by atoms with Gasteiger partial charge < -0.3 is 5.73 Å². The Morgan fingerprint density at radius 2 is 2.20 bits per heavy atom. The third-order valence-corrected chi connectivity index (χ3v) is 0.182. The first-order chi connectivity index (χ1) is 2.27. The standard InChI is InChI=1S/C2H6N3/c1-2(3)5-4/h2H,3H2,1H3. The molecule has 2 N–H and O–H groups in total. The lowest BCUT2D eigenvalue weighted by Crippen LogP contribution is -2.09. The highest BCUT2D eigenvalue weighted by molar-refractivity contribution is 4.35. The SMILES string of the molecule is CC(N)N=[N]. The number of hydrogen-bond donors (Lipinski definition) is 1. The largest absolute Gasteiger partial charge is 0.308 e. The molecule has 0 aliphatic heterocycles. The van der Waals surface area contributed by atoms with Crippen molar-refractivity contribution in [3.8, 4) is 0 Å². The van der Waals surface area contributed by atoms with Gasteiger partial charge in [-0.25, -0.2) is 0 Å². The van der Waals surface area contributed by atoms with Crippen LogP contribution in [-0.2, 0) is 0 Å². The van der Waals surface area contributed by atoms with Gasteiger partial charge in [0.1, 0.15) is 6.17 Å². The Kier molecular flexibility index (Phi) is 1.68. The van der Waals surface area contributed by atoms with Crippen LogP contribution in [0.5, 0.6) is 0 Å². The third-order valence-electron chi connectivity index (χ3n) is 0.182. The topological polar surface area (TPSA) is 60.7 Å². The first kappa shape index (κ1) is 4.56. The van der Waals surface area contributed by atoms with Crippen LogP contribution in [0.4, 0.5) is 0 Å². The zero-order valence-corrected chi connectivity index (χ0v) is 3.05. The average Bonchev–Trinajstić information content (AvgIpc) is 1.38. The Labute approximate surface area is 30.7 Å². The fourth-order valence-corrected chi connectivity index (χ4v) is 0. The fraction of sp³-hybridized carbons (Fsp3) is 1.00. The molecule has 0 fully saturated rings. The summed E-state index contributed by atoms with van der Waals surface area (Å²) >= 11 is 0. The first-order valence-corrected chi connectivity index (χ1v) is 1.37. The number of hydrogen-bond acceptors (Lipinski definition) is 2. The molecule has 0 spiro atoms. The number of nitrogens with two attached hydrogens (primary N) is 1. The Morgan fingerprint density at radius 1 is 2.00 bits per heavy atom. The first-order valence-electron chi connectivity index (χ1n) is 1.37. The van der Waals surface area contributed by atoms with Crippen LogP contribution in [0.1, 0.15) is 6.92 Å². The lowest BCUT2D eigenvalue weighted by molar-refractivity contribution is 0.747. The van der Waals surface area contributed by atoms with Crippen molar-refractivity contribution >= 4 is 0 Å². The molecule has 0 aromatic heterocycles. The molecule has 0 amide bonds. The molecule has 0 bridgehead atoms. The molecular weight excluding hydrogens is 66.0 g/mol. The van der Waals surface area contributed by atoms with Crippen molar-refractivity contribution in [1.29, 1.82) is 0 Å². The minimum Gasteiger partial charge on any atom is -0.308 e. The van der Waals surface area contributed by atoms with Gasteiger partial charge in [0, 0.05) is 0 Å². The maximum absolute atomic E-state index is 7.64.